The molecule has 0 aromatic heterocycles. The van der Waals surface area contributed by atoms with Crippen LogP contribution >= 0.6 is 0 Å². The first-order valence-electron chi connectivity index (χ1n) is 10.5. The van der Waals surface area contributed by atoms with Crippen LogP contribution in [-0.4, -0.2) is 0 Å². The van der Waals surface area contributed by atoms with Gasteiger partial charge in [-0.1, -0.05) is 81.9 Å². The van der Waals surface area contributed by atoms with Crippen LogP contribution in [0.3, 0.4) is 0 Å². The van der Waals surface area contributed by atoms with Gasteiger partial charge in [0.2, 0.25) is 0 Å². The van der Waals surface area contributed by atoms with E-state index in [9.17, 15) is 0 Å². The van der Waals surface area contributed by atoms with Crippen molar-refractivity contribution in [2.45, 2.75) is 84.5 Å². The van der Waals surface area contributed by atoms with Gasteiger partial charge >= 0.3 is 0 Å². The van der Waals surface area contributed by atoms with E-state index in [0.29, 0.717) is 0 Å². The van der Waals surface area contributed by atoms with Crippen molar-refractivity contribution in [3.8, 4) is 0 Å². The Morgan fingerprint density at radius 1 is 0.792 bits per heavy atom. The third kappa shape index (κ3) is 4.98. The maximum atomic E-state index is 2.58. The van der Waals surface area contributed by atoms with E-state index >= 15 is 0 Å². The predicted octanol–water partition coefficient (Wildman–Crippen LogP) is 7.12. The van der Waals surface area contributed by atoms with Gasteiger partial charge in [0.25, 0.3) is 0 Å². The van der Waals surface area contributed by atoms with Crippen molar-refractivity contribution in [3.05, 3.63) is 47.0 Å². The Balaban J connectivity index is 1.44. The Hall–Kier alpha value is -1.04. The molecule has 1 aromatic rings. The van der Waals surface area contributed by atoms with Gasteiger partial charge in [0.05, 0.1) is 0 Å². The first-order chi connectivity index (χ1) is 11.8. The number of hydrogen-bond donors (Lipinski definition) is 0. The Morgan fingerprint density at radius 3 is 2.04 bits per heavy atom. The van der Waals surface area contributed by atoms with Crippen LogP contribution in [0.25, 0.3) is 0 Å². The van der Waals surface area contributed by atoms with E-state index in [0.717, 1.165) is 24.2 Å². The van der Waals surface area contributed by atoms with Crippen LogP contribution in [0.15, 0.2) is 35.9 Å². The van der Waals surface area contributed by atoms with Gasteiger partial charge in [-0.3, -0.25) is 0 Å². The molecule has 0 heterocycles. The van der Waals surface area contributed by atoms with Crippen molar-refractivity contribution in [1.82, 2.24) is 0 Å². The fourth-order valence-electron chi connectivity index (χ4n) is 4.82. The minimum Gasteiger partial charge on any atom is -0.0847 e. The van der Waals surface area contributed by atoms with Gasteiger partial charge in [-0.25, -0.2) is 0 Å². The van der Waals surface area contributed by atoms with Crippen molar-refractivity contribution in [2.24, 2.45) is 17.8 Å². The lowest BCUT2D eigenvalue weighted by Gasteiger charge is -2.31. The van der Waals surface area contributed by atoms with E-state index in [1.54, 1.807) is 5.57 Å². The van der Waals surface area contributed by atoms with Crippen molar-refractivity contribution >= 4 is 0 Å². The highest BCUT2D eigenvalue weighted by Gasteiger charge is 2.24. The molecule has 0 heteroatoms. The van der Waals surface area contributed by atoms with Crippen molar-refractivity contribution in [1.29, 1.82) is 0 Å². The van der Waals surface area contributed by atoms with Crippen LogP contribution in [0.1, 0.15) is 82.8 Å². The van der Waals surface area contributed by atoms with Crippen LogP contribution in [0.2, 0.25) is 0 Å². The van der Waals surface area contributed by atoms with E-state index in [2.05, 4.69) is 44.2 Å². The monoisotopic (exact) mass is 324 g/mol. The molecule has 2 aliphatic rings. The van der Waals surface area contributed by atoms with Crippen LogP contribution in [-0.2, 0) is 12.8 Å². The minimum atomic E-state index is 0.972. The number of benzene rings is 1. The smallest absolute Gasteiger partial charge is 0.00671 e. The third-order valence-corrected chi connectivity index (χ3v) is 6.69. The third-order valence-electron chi connectivity index (χ3n) is 6.69. The molecular weight excluding hydrogens is 288 g/mol. The number of aryl methyl sites for hydroxylation is 1. The quantitative estimate of drug-likeness (QED) is 0.488. The predicted molar refractivity (Wildman–Crippen MR) is 105 cm³/mol. The molecule has 0 aliphatic heterocycles. The molecule has 1 atom stereocenters. The average molecular weight is 325 g/mol. The molecule has 2 aliphatic carbocycles. The van der Waals surface area contributed by atoms with Gasteiger partial charge in [0, 0.05) is 0 Å². The van der Waals surface area contributed by atoms with Gasteiger partial charge in [0.15, 0.2) is 0 Å². The lowest BCUT2D eigenvalue weighted by Crippen LogP contribution is -2.18. The second-order valence-corrected chi connectivity index (χ2v) is 8.38. The van der Waals surface area contributed by atoms with E-state index in [-0.39, 0.29) is 0 Å². The Labute approximate surface area is 149 Å². The van der Waals surface area contributed by atoms with E-state index in [1.807, 2.05) is 0 Å². The standard InChI is InChI=1S/C24H36/c1-3-19-5-9-21(10-6-19)17-23-13-15-24(16-14-23)18-22-11-7-20(4-2)8-12-22/h5-6,9-10,13,20,22,24H,3-4,7-8,11-12,14-18H2,1-2H3. The molecule has 0 bridgehead atoms. The summed E-state index contributed by atoms with van der Waals surface area (Å²) >= 11 is 0. The number of allylic oxidation sites excluding steroid dienone is 2. The summed E-state index contributed by atoms with van der Waals surface area (Å²) in [5, 5.41) is 0. The lowest BCUT2D eigenvalue weighted by molar-refractivity contribution is 0.225. The molecule has 3 rings (SSSR count). The highest BCUT2D eigenvalue weighted by Crippen LogP contribution is 2.37. The lowest BCUT2D eigenvalue weighted by atomic mass is 9.74. The molecule has 1 saturated carbocycles. The Kier molecular flexibility index (Phi) is 6.58. The van der Waals surface area contributed by atoms with Gasteiger partial charge in [0.1, 0.15) is 0 Å². The summed E-state index contributed by atoms with van der Waals surface area (Å²) < 4.78 is 0. The first-order valence-corrected chi connectivity index (χ1v) is 10.5. The molecule has 132 valence electrons. The largest absolute Gasteiger partial charge is 0.0847 e. The van der Waals surface area contributed by atoms with Crippen LogP contribution in [0, 0.1) is 17.8 Å². The van der Waals surface area contributed by atoms with Crippen LogP contribution < -0.4 is 0 Å². The maximum absolute atomic E-state index is 2.58. The summed E-state index contributed by atoms with van der Waals surface area (Å²) in [5.74, 6) is 3.05. The zero-order chi connectivity index (χ0) is 16.8. The second-order valence-electron chi connectivity index (χ2n) is 8.38. The normalized spacial score (nSPS) is 27.8. The first kappa shape index (κ1) is 17.8. The highest BCUT2D eigenvalue weighted by molar-refractivity contribution is 5.27. The SMILES string of the molecule is CCc1ccc(CC2=CCC(CC3CCC(CC)CC3)CC2)cc1. The summed E-state index contributed by atoms with van der Waals surface area (Å²) in [6.07, 6.45) is 18.0. The number of rotatable bonds is 6. The van der Waals surface area contributed by atoms with Crippen LogP contribution in [0.4, 0.5) is 0 Å². The summed E-state index contributed by atoms with van der Waals surface area (Å²) in [7, 11) is 0. The zero-order valence-corrected chi connectivity index (χ0v) is 15.9. The Bertz CT molecular complexity index is 513. The number of hydrogen-bond acceptors (Lipinski definition) is 0. The van der Waals surface area contributed by atoms with E-state index in [1.165, 1.54) is 75.3 Å². The summed E-state index contributed by atoms with van der Waals surface area (Å²) in [4.78, 5) is 0. The molecule has 1 unspecified atom stereocenters. The van der Waals surface area contributed by atoms with Crippen molar-refractivity contribution < 1.29 is 0 Å². The van der Waals surface area contributed by atoms with Gasteiger partial charge in [-0.2, -0.15) is 0 Å². The topological polar surface area (TPSA) is 0 Å². The molecule has 0 spiro atoms. The molecule has 0 amide bonds. The van der Waals surface area contributed by atoms with Gasteiger partial charge in [-0.05, 0) is 67.4 Å². The molecule has 0 saturated heterocycles. The second kappa shape index (κ2) is 8.88. The summed E-state index contributed by atoms with van der Waals surface area (Å²) in [6.45, 7) is 4.60. The van der Waals surface area contributed by atoms with Crippen LogP contribution in [0.5, 0.6) is 0 Å². The highest BCUT2D eigenvalue weighted by atomic mass is 14.3. The molecule has 24 heavy (non-hydrogen) atoms. The van der Waals surface area contributed by atoms with Crippen molar-refractivity contribution in [3.63, 3.8) is 0 Å². The maximum Gasteiger partial charge on any atom is -0.00671 e. The van der Waals surface area contributed by atoms with E-state index < -0.39 is 0 Å². The fourth-order valence-corrected chi connectivity index (χ4v) is 4.82. The molecule has 1 fully saturated rings. The fraction of sp³-hybridized carbons (Fsp3) is 0.667. The average Bonchev–Trinajstić information content (AvgIpc) is 2.65. The van der Waals surface area contributed by atoms with Gasteiger partial charge < -0.3 is 0 Å². The molecule has 0 N–H and O–H groups in total. The van der Waals surface area contributed by atoms with Gasteiger partial charge in [-0.15, -0.1) is 0 Å². The van der Waals surface area contributed by atoms with E-state index in [4.69, 9.17) is 0 Å². The molecule has 1 aromatic carbocycles. The molecular formula is C24H36. The summed E-state index contributed by atoms with van der Waals surface area (Å²) in [6, 6.07) is 9.26. The molecule has 0 nitrogen and oxygen atoms in total. The Morgan fingerprint density at radius 2 is 1.46 bits per heavy atom. The zero-order valence-electron chi connectivity index (χ0n) is 15.9. The summed E-state index contributed by atoms with van der Waals surface area (Å²) in [5.41, 5.74) is 4.63. The van der Waals surface area contributed by atoms with Crippen molar-refractivity contribution in [2.75, 3.05) is 0 Å². The molecule has 0 radical (unpaired) electrons. The minimum absolute atomic E-state index is 0.972.